The zero-order chi connectivity index (χ0) is 14.1. The van der Waals surface area contributed by atoms with Crippen molar-refractivity contribution in [3.63, 3.8) is 0 Å². The van der Waals surface area contributed by atoms with E-state index in [1.54, 1.807) is 0 Å². The molecule has 1 aromatic heterocycles. The van der Waals surface area contributed by atoms with E-state index in [2.05, 4.69) is 67.6 Å². The number of hydrogen-bond donors (Lipinski definition) is 0. The van der Waals surface area contributed by atoms with E-state index in [4.69, 9.17) is 0 Å². The molecular weight excluding hydrogens is 382 g/mol. The molecule has 0 bridgehead atoms. The Hall–Kier alpha value is -0.870. The van der Waals surface area contributed by atoms with Crippen molar-refractivity contribution in [3.8, 4) is 0 Å². The third-order valence-corrected chi connectivity index (χ3v) is 7.00. The maximum atomic E-state index is 12.8. The van der Waals surface area contributed by atoms with E-state index in [1.165, 1.54) is 11.1 Å². The van der Waals surface area contributed by atoms with Crippen molar-refractivity contribution in [1.82, 2.24) is 4.57 Å². The van der Waals surface area contributed by atoms with E-state index in [1.807, 2.05) is 18.3 Å². The molecule has 0 N–H and O–H groups in total. The van der Waals surface area contributed by atoms with E-state index >= 15 is 0 Å². The highest BCUT2D eigenvalue weighted by atomic mass is 79.9. The average Bonchev–Trinajstić information content (AvgIpc) is 2.74. The van der Waals surface area contributed by atoms with Gasteiger partial charge in [0.05, 0.1) is 11.1 Å². The summed E-state index contributed by atoms with van der Waals surface area (Å²) in [6, 6.07) is 12.3. The minimum atomic E-state index is -0.390. The van der Waals surface area contributed by atoms with Crippen molar-refractivity contribution in [1.29, 1.82) is 0 Å². The molecule has 2 aromatic rings. The number of carbonyl (C=O) groups is 1. The summed E-state index contributed by atoms with van der Waals surface area (Å²) in [6.07, 6.45) is 1.99. The smallest absolute Gasteiger partial charge is 0.190 e. The second-order valence-electron chi connectivity index (χ2n) is 5.79. The Morgan fingerprint density at radius 1 is 1.20 bits per heavy atom. The summed E-state index contributed by atoms with van der Waals surface area (Å²) in [5, 5.41) is 0. The van der Waals surface area contributed by atoms with Crippen molar-refractivity contribution in [2.24, 2.45) is 5.41 Å². The topological polar surface area (TPSA) is 22.0 Å². The van der Waals surface area contributed by atoms with Gasteiger partial charge < -0.3 is 4.57 Å². The minimum absolute atomic E-state index is 0.169. The Kier molecular flexibility index (Phi) is 2.48. The maximum absolute atomic E-state index is 12.8. The van der Waals surface area contributed by atoms with Crippen molar-refractivity contribution in [2.75, 3.05) is 0 Å². The zero-order valence-electron chi connectivity index (χ0n) is 10.9. The van der Waals surface area contributed by atoms with Gasteiger partial charge in [0.25, 0.3) is 0 Å². The van der Waals surface area contributed by atoms with Crippen LogP contribution in [0.2, 0.25) is 0 Å². The Morgan fingerprint density at radius 3 is 2.55 bits per heavy atom. The lowest BCUT2D eigenvalue weighted by Gasteiger charge is -2.07. The molecular formula is C16H13Br2NO. The van der Waals surface area contributed by atoms with Crippen LogP contribution in [0.4, 0.5) is 0 Å². The highest BCUT2D eigenvalue weighted by Gasteiger charge is 2.80. The van der Waals surface area contributed by atoms with Crippen LogP contribution in [-0.2, 0) is 6.54 Å². The molecule has 102 valence electrons. The van der Waals surface area contributed by atoms with Crippen LogP contribution in [0.1, 0.15) is 27.5 Å². The lowest BCUT2D eigenvalue weighted by Crippen LogP contribution is -2.18. The number of halogens is 2. The number of carbonyl (C=O) groups excluding carboxylic acids is 1. The van der Waals surface area contributed by atoms with Crippen LogP contribution in [-0.4, -0.2) is 13.6 Å². The minimum Gasteiger partial charge on any atom is -0.344 e. The van der Waals surface area contributed by atoms with Crippen LogP contribution in [0, 0.1) is 12.3 Å². The average molecular weight is 395 g/mol. The number of rotatable bonds is 1. The molecule has 0 saturated heterocycles. The Morgan fingerprint density at radius 2 is 1.90 bits per heavy atom. The largest absolute Gasteiger partial charge is 0.344 e. The fourth-order valence-electron chi connectivity index (χ4n) is 3.52. The van der Waals surface area contributed by atoms with Gasteiger partial charge >= 0.3 is 0 Å². The van der Waals surface area contributed by atoms with Crippen molar-refractivity contribution >= 4 is 37.6 Å². The SMILES string of the molecule is Cc1ccc([C@H]2C(Br)(Br)[C@@]23Cn2cccc2C3=O)cc1. The summed E-state index contributed by atoms with van der Waals surface area (Å²) in [5.41, 5.74) is 2.88. The summed E-state index contributed by atoms with van der Waals surface area (Å²) in [7, 11) is 0. The van der Waals surface area contributed by atoms with Gasteiger partial charge in [-0.05, 0) is 24.6 Å². The van der Waals surface area contributed by atoms with Gasteiger partial charge in [-0.15, -0.1) is 0 Å². The second-order valence-corrected chi connectivity index (χ2v) is 9.35. The summed E-state index contributed by atoms with van der Waals surface area (Å²) in [4.78, 5) is 12.8. The van der Waals surface area contributed by atoms with E-state index in [9.17, 15) is 4.79 Å². The van der Waals surface area contributed by atoms with E-state index < -0.39 is 5.41 Å². The van der Waals surface area contributed by atoms with Gasteiger partial charge in [0, 0.05) is 18.7 Å². The van der Waals surface area contributed by atoms with E-state index in [0.717, 1.165) is 12.2 Å². The van der Waals surface area contributed by atoms with Crippen molar-refractivity contribution in [3.05, 3.63) is 59.4 Å². The van der Waals surface area contributed by atoms with Crippen LogP contribution in [0.3, 0.4) is 0 Å². The zero-order valence-corrected chi connectivity index (χ0v) is 14.1. The standard InChI is InChI=1S/C16H13Br2NO/c1-10-4-6-11(7-5-10)13-15(16(13,17)18)9-19-8-2-3-12(19)14(15)20/h2-8,13H,9H2,1H3/t13-,15+/m1/s1. The lowest BCUT2D eigenvalue weighted by molar-refractivity contribution is 0.0914. The molecule has 1 aliphatic carbocycles. The fourth-order valence-corrected chi connectivity index (χ4v) is 5.67. The molecule has 1 spiro atoms. The monoisotopic (exact) mass is 393 g/mol. The van der Waals surface area contributed by atoms with Crippen LogP contribution >= 0.6 is 31.9 Å². The molecule has 2 atom stereocenters. The number of nitrogens with zero attached hydrogens (tertiary/aromatic N) is 1. The molecule has 20 heavy (non-hydrogen) atoms. The number of hydrogen-bond acceptors (Lipinski definition) is 1. The highest BCUT2D eigenvalue weighted by Crippen LogP contribution is 2.78. The number of aryl methyl sites for hydroxylation is 1. The predicted molar refractivity (Wildman–Crippen MR) is 85.7 cm³/mol. The van der Waals surface area contributed by atoms with Gasteiger partial charge in [-0.2, -0.15) is 0 Å². The Bertz CT molecular complexity index is 716. The first-order valence-electron chi connectivity index (χ1n) is 6.63. The van der Waals surface area contributed by atoms with Gasteiger partial charge in [-0.1, -0.05) is 61.7 Å². The number of Topliss-reactive ketones (excluding diaryl/α,β-unsaturated/α-hetero) is 1. The molecule has 1 saturated carbocycles. The van der Waals surface area contributed by atoms with E-state index in [0.29, 0.717) is 0 Å². The van der Waals surface area contributed by atoms with Gasteiger partial charge in [0.1, 0.15) is 3.23 Å². The lowest BCUT2D eigenvalue weighted by atomic mass is 9.95. The highest BCUT2D eigenvalue weighted by molar-refractivity contribution is 9.25. The predicted octanol–water partition coefficient (Wildman–Crippen LogP) is 4.26. The molecule has 0 amide bonds. The van der Waals surface area contributed by atoms with Gasteiger partial charge in [0.15, 0.2) is 5.78 Å². The number of alkyl halides is 2. The Labute approximate surface area is 134 Å². The van der Waals surface area contributed by atoms with Gasteiger partial charge in [0.2, 0.25) is 0 Å². The number of benzene rings is 1. The molecule has 1 fully saturated rings. The third-order valence-electron chi connectivity index (χ3n) is 4.66. The molecule has 2 heterocycles. The first-order valence-corrected chi connectivity index (χ1v) is 8.21. The second kappa shape index (κ2) is 3.86. The molecule has 2 nitrogen and oxygen atoms in total. The quantitative estimate of drug-likeness (QED) is 0.662. The molecule has 1 aliphatic heterocycles. The van der Waals surface area contributed by atoms with Gasteiger partial charge in [-0.3, -0.25) is 4.79 Å². The summed E-state index contributed by atoms with van der Waals surface area (Å²) >= 11 is 7.52. The molecule has 2 aliphatic rings. The van der Waals surface area contributed by atoms with Crippen LogP contribution in [0.15, 0.2) is 42.6 Å². The summed E-state index contributed by atoms with van der Waals surface area (Å²) in [5.74, 6) is 0.407. The maximum Gasteiger partial charge on any atom is 0.190 e. The van der Waals surface area contributed by atoms with Gasteiger partial charge in [-0.25, -0.2) is 0 Å². The Balaban J connectivity index is 1.79. The van der Waals surface area contributed by atoms with Crippen molar-refractivity contribution in [2.45, 2.75) is 22.6 Å². The summed E-state index contributed by atoms with van der Waals surface area (Å²) < 4.78 is 1.73. The fraction of sp³-hybridized carbons (Fsp3) is 0.312. The van der Waals surface area contributed by atoms with Crippen LogP contribution < -0.4 is 0 Å². The molecule has 0 radical (unpaired) electrons. The first kappa shape index (κ1) is 12.8. The third kappa shape index (κ3) is 1.37. The summed E-state index contributed by atoms with van der Waals surface area (Å²) in [6.45, 7) is 2.82. The number of ketones is 1. The molecule has 4 heteroatoms. The molecule has 4 rings (SSSR count). The van der Waals surface area contributed by atoms with Crippen LogP contribution in [0.5, 0.6) is 0 Å². The van der Waals surface area contributed by atoms with Crippen molar-refractivity contribution < 1.29 is 4.79 Å². The number of aromatic nitrogens is 1. The van der Waals surface area contributed by atoms with E-state index in [-0.39, 0.29) is 14.9 Å². The first-order chi connectivity index (χ1) is 9.48. The molecule has 0 unspecified atom stereocenters. The molecule has 1 aromatic carbocycles. The van der Waals surface area contributed by atoms with Crippen LogP contribution in [0.25, 0.3) is 0 Å². The normalized spacial score (nSPS) is 29.8. The number of fused-ring (bicyclic) bond motifs is 1.